The van der Waals surface area contributed by atoms with Crippen molar-refractivity contribution in [3.8, 4) is 0 Å². The number of carbonyl (C=O) groups excluding carboxylic acids is 1. The number of carbonyl (C=O) groups is 1. The molecule has 8 atom stereocenters. The summed E-state index contributed by atoms with van der Waals surface area (Å²) in [6.07, 6.45) is 5.95. The molecule has 3 fully saturated rings. The summed E-state index contributed by atoms with van der Waals surface area (Å²) in [4.78, 5) is 14.3. The summed E-state index contributed by atoms with van der Waals surface area (Å²) in [6, 6.07) is 3.52. The van der Waals surface area contributed by atoms with E-state index in [2.05, 4.69) is 61.5 Å². The maximum absolute atomic E-state index is 14.3. The first-order valence-electron chi connectivity index (χ1n) is 12.5. The highest BCUT2D eigenvalue weighted by atomic mass is 28.4. The van der Waals surface area contributed by atoms with Crippen molar-refractivity contribution in [3.05, 3.63) is 11.6 Å². The number of hydrogen-bond donors (Lipinski definition) is 0. The molecule has 0 bridgehead atoms. The van der Waals surface area contributed by atoms with Crippen LogP contribution < -0.4 is 0 Å². The molecule has 164 valence electrons. The second-order valence-electron chi connectivity index (χ2n) is 11.8. The van der Waals surface area contributed by atoms with Crippen LogP contribution in [0.4, 0.5) is 0 Å². The Bertz CT molecular complexity index is 697. The van der Waals surface area contributed by atoms with Gasteiger partial charge in [-0.05, 0) is 79.3 Å². The second-order valence-corrected chi connectivity index (χ2v) is 16.5. The first-order chi connectivity index (χ1) is 13.6. The molecule has 2 nitrogen and oxygen atoms in total. The number of ketones is 1. The summed E-state index contributed by atoms with van der Waals surface area (Å²) in [6.45, 7) is 18.9. The van der Waals surface area contributed by atoms with E-state index < -0.39 is 8.32 Å². The van der Waals surface area contributed by atoms with E-state index in [9.17, 15) is 4.79 Å². The topological polar surface area (TPSA) is 26.3 Å². The number of Topliss-reactive ketones (excluding diaryl/α,β-unsaturated/α-hetero) is 1. The average molecular weight is 417 g/mol. The van der Waals surface area contributed by atoms with E-state index in [4.69, 9.17) is 4.43 Å². The molecule has 0 radical (unpaired) electrons. The number of hydrogen-bond acceptors (Lipinski definition) is 2. The zero-order valence-electron chi connectivity index (χ0n) is 20.2. The van der Waals surface area contributed by atoms with E-state index >= 15 is 0 Å². The van der Waals surface area contributed by atoms with Crippen molar-refractivity contribution in [2.24, 2.45) is 46.3 Å². The zero-order chi connectivity index (χ0) is 21.4. The van der Waals surface area contributed by atoms with Gasteiger partial charge in [-0.1, -0.05) is 60.1 Å². The molecular weight excluding hydrogens is 372 g/mol. The molecule has 0 heterocycles. The van der Waals surface area contributed by atoms with Crippen LogP contribution in [0.3, 0.4) is 0 Å². The van der Waals surface area contributed by atoms with Crippen LogP contribution >= 0.6 is 0 Å². The van der Waals surface area contributed by atoms with Crippen molar-refractivity contribution in [1.82, 2.24) is 0 Å². The third kappa shape index (κ3) is 2.85. The van der Waals surface area contributed by atoms with Gasteiger partial charge >= 0.3 is 0 Å². The summed E-state index contributed by atoms with van der Waals surface area (Å²) in [5, 5.41) is 0. The van der Waals surface area contributed by atoms with Gasteiger partial charge in [0.25, 0.3) is 0 Å². The SMILES string of the molecule is CC[Si](CC)(CC)O[C@@H]1C[C@@H](C)[C@@H]2C=C(C)C[C@H]3[C@H]4[C@@H](C[C@H](C)C(=O)[C@@]123)C4(C)C. The van der Waals surface area contributed by atoms with E-state index in [1.807, 2.05) is 0 Å². The fraction of sp³-hybridized carbons (Fsp3) is 0.885. The van der Waals surface area contributed by atoms with Crippen LogP contribution in [0.2, 0.25) is 18.1 Å². The quantitative estimate of drug-likeness (QED) is 0.361. The Hall–Kier alpha value is -0.413. The molecule has 3 heteroatoms. The van der Waals surface area contributed by atoms with Crippen molar-refractivity contribution in [2.75, 3.05) is 0 Å². The molecule has 0 N–H and O–H groups in total. The molecule has 0 saturated heterocycles. The minimum atomic E-state index is -1.77. The summed E-state index contributed by atoms with van der Waals surface area (Å²) >= 11 is 0. The van der Waals surface area contributed by atoms with E-state index in [-0.39, 0.29) is 17.4 Å². The van der Waals surface area contributed by atoms with E-state index in [1.54, 1.807) is 0 Å². The Morgan fingerprint density at radius 1 is 1.07 bits per heavy atom. The van der Waals surface area contributed by atoms with Crippen LogP contribution in [0.25, 0.3) is 0 Å². The van der Waals surface area contributed by atoms with Crippen molar-refractivity contribution in [1.29, 1.82) is 0 Å². The number of fused-ring (bicyclic) bond motifs is 2. The lowest BCUT2D eigenvalue weighted by atomic mass is 9.55. The van der Waals surface area contributed by atoms with Crippen molar-refractivity contribution < 1.29 is 9.22 Å². The molecule has 0 aromatic carbocycles. The Morgan fingerprint density at radius 3 is 2.28 bits per heavy atom. The highest BCUT2D eigenvalue weighted by Gasteiger charge is 2.74. The summed E-state index contributed by atoms with van der Waals surface area (Å²) < 4.78 is 7.28. The van der Waals surface area contributed by atoms with Crippen LogP contribution in [0.5, 0.6) is 0 Å². The van der Waals surface area contributed by atoms with Crippen LogP contribution in [0, 0.1) is 46.3 Å². The predicted molar refractivity (Wildman–Crippen MR) is 123 cm³/mol. The van der Waals surface area contributed by atoms with Crippen LogP contribution in [-0.4, -0.2) is 20.2 Å². The molecule has 4 aliphatic carbocycles. The lowest BCUT2D eigenvalue weighted by molar-refractivity contribution is -0.146. The van der Waals surface area contributed by atoms with Gasteiger partial charge in [0.1, 0.15) is 5.78 Å². The molecule has 4 aliphatic rings. The van der Waals surface area contributed by atoms with Gasteiger partial charge in [-0.15, -0.1) is 0 Å². The third-order valence-electron chi connectivity index (χ3n) is 10.3. The predicted octanol–water partition coefficient (Wildman–Crippen LogP) is 6.87. The molecule has 3 saturated carbocycles. The Labute approximate surface area is 180 Å². The van der Waals surface area contributed by atoms with Gasteiger partial charge in [-0.25, -0.2) is 0 Å². The van der Waals surface area contributed by atoms with Gasteiger partial charge in [-0.2, -0.15) is 0 Å². The summed E-state index contributed by atoms with van der Waals surface area (Å²) in [5.74, 6) is 3.58. The van der Waals surface area contributed by atoms with Crippen molar-refractivity contribution in [3.63, 3.8) is 0 Å². The molecule has 1 spiro atoms. The first-order valence-corrected chi connectivity index (χ1v) is 15.0. The maximum atomic E-state index is 14.3. The summed E-state index contributed by atoms with van der Waals surface area (Å²) in [7, 11) is -1.77. The molecule has 4 rings (SSSR count). The third-order valence-corrected chi connectivity index (χ3v) is 14.9. The molecular formula is C26H44O2Si. The standard InChI is InChI=1S/C26H44O2Si/c1-9-29(10-2,11-3)28-22-15-17(5)19-12-16(4)13-21-23-20(25(23,7)8)14-18(6)24(27)26(19,21)22/h12,17-23H,9-11,13-15H2,1-8H3/t17-,18+,19+,20-,21+,22-,23-,26+/m1/s1. The second kappa shape index (κ2) is 7.05. The lowest BCUT2D eigenvalue weighted by Crippen LogP contribution is -2.56. The van der Waals surface area contributed by atoms with E-state index in [0.717, 1.165) is 25.2 Å². The van der Waals surface area contributed by atoms with Gasteiger partial charge in [0.05, 0.1) is 11.5 Å². The fourth-order valence-electron chi connectivity index (χ4n) is 8.37. The van der Waals surface area contributed by atoms with Gasteiger partial charge in [0.15, 0.2) is 8.32 Å². The minimum Gasteiger partial charge on any atom is -0.413 e. The molecule has 0 aliphatic heterocycles. The largest absolute Gasteiger partial charge is 0.413 e. The van der Waals surface area contributed by atoms with E-state index in [1.165, 1.54) is 23.7 Å². The molecule has 0 amide bonds. The van der Waals surface area contributed by atoms with Gasteiger partial charge in [-0.3, -0.25) is 4.79 Å². The van der Waals surface area contributed by atoms with Gasteiger partial charge in [0.2, 0.25) is 0 Å². The maximum Gasteiger partial charge on any atom is 0.192 e. The highest BCUT2D eigenvalue weighted by Crippen LogP contribution is 2.74. The van der Waals surface area contributed by atoms with Crippen LogP contribution in [-0.2, 0) is 9.22 Å². The minimum absolute atomic E-state index is 0.147. The van der Waals surface area contributed by atoms with Crippen molar-refractivity contribution in [2.45, 2.75) is 98.9 Å². The highest BCUT2D eigenvalue weighted by molar-refractivity contribution is 6.73. The lowest BCUT2D eigenvalue weighted by Gasteiger charge is -2.50. The van der Waals surface area contributed by atoms with Crippen LogP contribution in [0.15, 0.2) is 11.6 Å². The molecule has 0 aromatic heterocycles. The first kappa shape index (κ1) is 21.8. The van der Waals surface area contributed by atoms with Crippen LogP contribution in [0.1, 0.15) is 74.7 Å². The smallest absolute Gasteiger partial charge is 0.192 e. The Morgan fingerprint density at radius 2 is 1.69 bits per heavy atom. The fourth-order valence-corrected chi connectivity index (χ4v) is 11.3. The summed E-state index contributed by atoms with van der Waals surface area (Å²) in [5.41, 5.74) is 1.65. The van der Waals surface area contributed by atoms with Gasteiger partial charge in [0, 0.05) is 5.92 Å². The van der Waals surface area contributed by atoms with Crippen molar-refractivity contribution >= 4 is 14.1 Å². The molecule has 0 unspecified atom stereocenters. The Kier molecular flexibility index (Phi) is 5.30. The normalized spacial score (nSPS) is 45.7. The van der Waals surface area contributed by atoms with Gasteiger partial charge < -0.3 is 4.43 Å². The van der Waals surface area contributed by atoms with E-state index in [0.29, 0.717) is 34.9 Å². The molecule has 0 aromatic rings. The zero-order valence-corrected chi connectivity index (χ0v) is 21.2. The average Bonchev–Trinajstić information content (AvgIpc) is 3.13. The molecule has 29 heavy (non-hydrogen) atoms. The number of rotatable bonds is 5. The number of allylic oxidation sites excluding steroid dienone is 2. The Balaban J connectivity index is 1.86. The monoisotopic (exact) mass is 416 g/mol.